The van der Waals surface area contributed by atoms with Crippen LogP contribution in [0.5, 0.6) is 0 Å². The van der Waals surface area contributed by atoms with Gasteiger partial charge in [-0.15, -0.1) is 9.24 Å². The van der Waals surface area contributed by atoms with Gasteiger partial charge in [-0.2, -0.15) is 0 Å². The summed E-state index contributed by atoms with van der Waals surface area (Å²) in [5.41, 5.74) is 0. The Morgan fingerprint density at radius 1 is 1.14 bits per heavy atom. The van der Waals surface area contributed by atoms with Crippen LogP contribution in [-0.2, 0) is 0 Å². The molecule has 0 spiro atoms. The highest BCUT2D eigenvalue weighted by Gasteiger charge is 1.80. The molecule has 0 aromatic heterocycles. The molecule has 0 aromatic rings. The maximum atomic E-state index is 2.75. The first-order valence-electron chi connectivity index (χ1n) is 3.12. The Labute approximate surface area is 48.9 Å². The highest BCUT2D eigenvalue weighted by atomic mass is 31.0. The molecule has 0 saturated heterocycles. The van der Waals surface area contributed by atoms with Gasteiger partial charge in [0.15, 0.2) is 0 Å². The maximum Gasteiger partial charge on any atom is -0.0381 e. The van der Waals surface area contributed by atoms with Crippen LogP contribution in [0.15, 0.2) is 0 Å². The van der Waals surface area contributed by atoms with E-state index < -0.39 is 0 Å². The van der Waals surface area contributed by atoms with E-state index in [4.69, 9.17) is 0 Å². The highest BCUT2D eigenvalue weighted by Crippen LogP contribution is 2.00. The van der Waals surface area contributed by atoms with E-state index in [9.17, 15) is 0 Å². The van der Waals surface area contributed by atoms with Crippen LogP contribution in [0.25, 0.3) is 0 Å². The minimum absolute atomic E-state index is 1.28. The Morgan fingerprint density at radius 2 is 1.86 bits per heavy atom. The molecule has 0 N–H and O–H groups in total. The van der Waals surface area contributed by atoms with Gasteiger partial charge in [0, 0.05) is 0 Å². The lowest BCUT2D eigenvalue weighted by Crippen LogP contribution is -1.73. The Kier molecular flexibility index (Phi) is 6.82. The molecule has 7 heavy (non-hydrogen) atoms. The fourth-order valence-electron chi connectivity index (χ4n) is 0.571. The van der Waals surface area contributed by atoms with Gasteiger partial charge in [0.05, 0.1) is 0 Å². The average molecular weight is 118 g/mol. The molecule has 44 valence electrons. The fourth-order valence-corrected chi connectivity index (χ4v) is 0.860. The molecule has 0 nitrogen and oxygen atoms in total. The van der Waals surface area contributed by atoms with E-state index in [1.54, 1.807) is 0 Å². The summed E-state index contributed by atoms with van der Waals surface area (Å²) in [4.78, 5) is 0. The summed E-state index contributed by atoms with van der Waals surface area (Å²) in [6, 6.07) is 0. The summed E-state index contributed by atoms with van der Waals surface area (Å²) in [7, 11) is 2.75. The molecule has 0 aliphatic carbocycles. The molecule has 1 atom stereocenters. The molecular formula is C6H15P. The van der Waals surface area contributed by atoms with Crippen molar-refractivity contribution in [2.24, 2.45) is 0 Å². The van der Waals surface area contributed by atoms with Gasteiger partial charge in [0.1, 0.15) is 0 Å². The van der Waals surface area contributed by atoms with Gasteiger partial charge >= 0.3 is 0 Å². The van der Waals surface area contributed by atoms with Crippen molar-refractivity contribution in [2.45, 2.75) is 32.6 Å². The van der Waals surface area contributed by atoms with Crippen molar-refractivity contribution in [3.05, 3.63) is 0 Å². The number of unbranched alkanes of at least 4 members (excludes halogenated alkanes) is 3. The van der Waals surface area contributed by atoms with Crippen LogP contribution in [0.2, 0.25) is 0 Å². The van der Waals surface area contributed by atoms with Crippen molar-refractivity contribution < 1.29 is 0 Å². The summed E-state index contributed by atoms with van der Waals surface area (Å²) in [6.45, 7) is 2.24. The molecule has 0 amide bonds. The predicted molar refractivity (Wildman–Crippen MR) is 38.7 cm³/mol. The van der Waals surface area contributed by atoms with Crippen molar-refractivity contribution in [1.29, 1.82) is 0 Å². The van der Waals surface area contributed by atoms with Crippen LogP contribution in [0, 0.1) is 0 Å². The zero-order chi connectivity index (χ0) is 5.54. The third kappa shape index (κ3) is 6.43. The van der Waals surface area contributed by atoms with E-state index in [0.717, 1.165) is 0 Å². The standard InChI is InChI=1S/C6H15P/c1-2-3-4-5-6-7/h2-7H2,1H3. The third-order valence-electron chi connectivity index (χ3n) is 1.06. The van der Waals surface area contributed by atoms with E-state index in [0.29, 0.717) is 0 Å². The van der Waals surface area contributed by atoms with E-state index >= 15 is 0 Å². The Bertz CT molecular complexity index is 23.4. The second-order valence-electron chi connectivity index (χ2n) is 1.85. The second kappa shape index (κ2) is 6.43. The van der Waals surface area contributed by atoms with Crippen LogP contribution < -0.4 is 0 Å². The molecule has 1 unspecified atom stereocenters. The van der Waals surface area contributed by atoms with Crippen molar-refractivity contribution in [2.75, 3.05) is 6.16 Å². The largest absolute Gasteiger partial charge is 0.138 e. The summed E-state index contributed by atoms with van der Waals surface area (Å²) in [5.74, 6) is 0. The molecule has 0 rings (SSSR count). The van der Waals surface area contributed by atoms with Gasteiger partial charge in [-0.05, 0) is 12.6 Å². The Morgan fingerprint density at radius 3 is 2.29 bits per heavy atom. The normalized spacial score (nSPS) is 9.43. The Hall–Kier alpha value is 0.430. The summed E-state index contributed by atoms with van der Waals surface area (Å²) < 4.78 is 0. The summed E-state index contributed by atoms with van der Waals surface area (Å²) in [5, 5.41) is 0. The average Bonchev–Trinajstić information content (AvgIpc) is 1.69. The predicted octanol–water partition coefficient (Wildman–Crippen LogP) is 2.44. The zero-order valence-electron chi connectivity index (χ0n) is 5.11. The van der Waals surface area contributed by atoms with Gasteiger partial charge in [-0.3, -0.25) is 0 Å². The van der Waals surface area contributed by atoms with Gasteiger partial charge in [0.25, 0.3) is 0 Å². The molecular weight excluding hydrogens is 103 g/mol. The summed E-state index contributed by atoms with van der Waals surface area (Å²) >= 11 is 0. The van der Waals surface area contributed by atoms with Crippen LogP contribution in [0.4, 0.5) is 0 Å². The van der Waals surface area contributed by atoms with Crippen molar-refractivity contribution >= 4 is 9.24 Å². The monoisotopic (exact) mass is 118 g/mol. The lowest BCUT2D eigenvalue weighted by Gasteiger charge is -1.90. The minimum Gasteiger partial charge on any atom is -0.138 e. The van der Waals surface area contributed by atoms with E-state index in [-0.39, 0.29) is 0 Å². The SMILES string of the molecule is CCCCCCP. The van der Waals surface area contributed by atoms with Gasteiger partial charge in [-0.25, -0.2) is 0 Å². The number of hydrogen-bond donors (Lipinski definition) is 0. The number of rotatable bonds is 4. The molecule has 0 aliphatic heterocycles. The highest BCUT2D eigenvalue weighted by molar-refractivity contribution is 7.16. The molecule has 0 radical (unpaired) electrons. The quantitative estimate of drug-likeness (QED) is 0.393. The van der Waals surface area contributed by atoms with E-state index in [2.05, 4.69) is 16.2 Å². The van der Waals surface area contributed by atoms with E-state index in [1.165, 1.54) is 31.8 Å². The first-order valence-corrected chi connectivity index (χ1v) is 3.93. The first kappa shape index (κ1) is 7.43. The third-order valence-corrected chi connectivity index (χ3v) is 1.47. The van der Waals surface area contributed by atoms with Crippen molar-refractivity contribution in [1.82, 2.24) is 0 Å². The minimum atomic E-state index is 1.28. The van der Waals surface area contributed by atoms with Gasteiger partial charge < -0.3 is 0 Å². The summed E-state index contributed by atoms with van der Waals surface area (Å²) in [6.07, 6.45) is 6.84. The van der Waals surface area contributed by atoms with Crippen molar-refractivity contribution in [3.63, 3.8) is 0 Å². The van der Waals surface area contributed by atoms with Crippen LogP contribution >= 0.6 is 9.24 Å². The second-order valence-corrected chi connectivity index (χ2v) is 2.43. The molecule has 0 heterocycles. The van der Waals surface area contributed by atoms with Gasteiger partial charge in [0.2, 0.25) is 0 Å². The van der Waals surface area contributed by atoms with Crippen molar-refractivity contribution in [3.8, 4) is 0 Å². The van der Waals surface area contributed by atoms with Gasteiger partial charge in [-0.1, -0.05) is 26.2 Å². The first-order chi connectivity index (χ1) is 3.41. The molecule has 0 bridgehead atoms. The molecule has 1 heteroatoms. The lowest BCUT2D eigenvalue weighted by molar-refractivity contribution is 0.706. The zero-order valence-corrected chi connectivity index (χ0v) is 6.27. The Balaban J connectivity index is 2.45. The van der Waals surface area contributed by atoms with E-state index in [1.807, 2.05) is 0 Å². The fraction of sp³-hybridized carbons (Fsp3) is 1.00. The van der Waals surface area contributed by atoms with Crippen LogP contribution in [-0.4, -0.2) is 6.16 Å². The molecule has 0 aromatic carbocycles. The number of hydrogen-bond acceptors (Lipinski definition) is 0. The van der Waals surface area contributed by atoms with Crippen LogP contribution in [0.3, 0.4) is 0 Å². The smallest absolute Gasteiger partial charge is 0.0381 e. The topological polar surface area (TPSA) is 0 Å². The maximum absolute atomic E-state index is 2.75. The lowest BCUT2D eigenvalue weighted by atomic mass is 10.2. The molecule has 0 saturated carbocycles. The molecule has 0 aliphatic rings. The molecule has 0 fully saturated rings. The van der Waals surface area contributed by atoms with Crippen LogP contribution in [0.1, 0.15) is 32.6 Å².